The fourth-order valence-electron chi connectivity index (χ4n) is 1.67. The second-order valence-electron chi connectivity index (χ2n) is 4.33. The highest BCUT2D eigenvalue weighted by molar-refractivity contribution is 6.31. The van der Waals surface area contributed by atoms with Crippen LogP contribution in [0.25, 0.3) is 0 Å². The maximum absolute atomic E-state index is 11.7. The van der Waals surface area contributed by atoms with E-state index in [0.29, 0.717) is 11.4 Å². The first-order valence-corrected chi connectivity index (χ1v) is 6.64. The first-order valence-electron chi connectivity index (χ1n) is 6.26. The van der Waals surface area contributed by atoms with Crippen molar-refractivity contribution < 1.29 is 24.2 Å². The minimum atomic E-state index is -1.30. The third-order valence-electron chi connectivity index (χ3n) is 2.81. The molecule has 0 fully saturated rings. The molecule has 6 nitrogen and oxygen atoms in total. The highest BCUT2D eigenvalue weighted by atomic mass is 35.5. The maximum atomic E-state index is 11.7. The van der Waals surface area contributed by atoms with Gasteiger partial charge in [0.15, 0.2) is 0 Å². The van der Waals surface area contributed by atoms with Gasteiger partial charge in [-0.2, -0.15) is 0 Å². The van der Waals surface area contributed by atoms with Crippen molar-refractivity contribution in [2.75, 3.05) is 7.11 Å². The van der Waals surface area contributed by atoms with E-state index in [4.69, 9.17) is 16.7 Å². The van der Waals surface area contributed by atoms with Gasteiger partial charge in [-0.05, 0) is 18.1 Å². The molecule has 0 unspecified atom stereocenters. The largest absolute Gasteiger partial charge is 0.480 e. The van der Waals surface area contributed by atoms with Gasteiger partial charge in [0.2, 0.25) is 5.91 Å². The van der Waals surface area contributed by atoms with E-state index in [1.54, 1.807) is 24.3 Å². The average molecular weight is 314 g/mol. The Morgan fingerprint density at radius 1 is 1.33 bits per heavy atom. The highest BCUT2D eigenvalue weighted by Crippen LogP contribution is 2.16. The van der Waals surface area contributed by atoms with Gasteiger partial charge in [-0.25, -0.2) is 4.79 Å². The van der Waals surface area contributed by atoms with Crippen LogP contribution in [-0.4, -0.2) is 36.1 Å². The number of carboxylic acids is 1. The lowest BCUT2D eigenvalue weighted by atomic mass is 10.1. The molecule has 0 spiro atoms. The van der Waals surface area contributed by atoms with Gasteiger partial charge in [0.1, 0.15) is 6.04 Å². The molecule has 2 N–H and O–H groups in total. The van der Waals surface area contributed by atoms with Gasteiger partial charge in [-0.3, -0.25) is 9.59 Å². The average Bonchev–Trinajstić information content (AvgIpc) is 2.45. The first-order chi connectivity index (χ1) is 9.93. The van der Waals surface area contributed by atoms with E-state index >= 15 is 0 Å². The van der Waals surface area contributed by atoms with Crippen LogP contribution in [0.4, 0.5) is 0 Å². The summed E-state index contributed by atoms with van der Waals surface area (Å²) in [5.74, 6) is -2.45. The fraction of sp³-hybridized carbons (Fsp3) is 0.357. The minimum absolute atomic E-state index is 0.0781. The third-order valence-corrected chi connectivity index (χ3v) is 3.18. The Labute approximate surface area is 127 Å². The number of aliphatic carboxylic acids is 1. The summed E-state index contributed by atoms with van der Waals surface area (Å²) in [6, 6.07) is 5.79. The van der Waals surface area contributed by atoms with E-state index < -0.39 is 30.3 Å². The highest BCUT2D eigenvalue weighted by Gasteiger charge is 2.23. The molecule has 1 aromatic rings. The number of amides is 1. The van der Waals surface area contributed by atoms with Crippen LogP contribution in [0.2, 0.25) is 5.02 Å². The summed E-state index contributed by atoms with van der Waals surface area (Å²) < 4.78 is 4.39. The molecule has 0 aliphatic carbocycles. The number of hydrogen-bond donors (Lipinski definition) is 2. The Hall–Kier alpha value is -2.08. The number of rotatable bonds is 7. The number of carboxylic acid groups (broad SMARTS) is 1. The van der Waals surface area contributed by atoms with Crippen molar-refractivity contribution in [3.8, 4) is 0 Å². The van der Waals surface area contributed by atoms with Crippen molar-refractivity contribution in [2.24, 2.45) is 0 Å². The summed E-state index contributed by atoms with van der Waals surface area (Å²) in [6.45, 7) is 0. The number of hydrogen-bond acceptors (Lipinski definition) is 4. The maximum Gasteiger partial charge on any atom is 0.326 e. The van der Waals surface area contributed by atoms with Gasteiger partial charge in [0.25, 0.3) is 0 Å². The number of benzene rings is 1. The molecule has 114 valence electrons. The quantitative estimate of drug-likeness (QED) is 0.742. The lowest BCUT2D eigenvalue weighted by molar-refractivity contribution is -0.148. The fourth-order valence-corrected chi connectivity index (χ4v) is 1.90. The topological polar surface area (TPSA) is 92.7 Å². The summed E-state index contributed by atoms with van der Waals surface area (Å²) in [6.07, 6.45) is 0.0500. The molecule has 0 radical (unpaired) electrons. The molecule has 0 aliphatic heterocycles. The summed E-state index contributed by atoms with van der Waals surface area (Å²) in [4.78, 5) is 33.8. The van der Waals surface area contributed by atoms with Gasteiger partial charge in [-0.15, -0.1) is 0 Å². The number of carbonyl (C=O) groups excluding carboxylic acids is 2. The van der Waals surface area contributed by atoms with Crippen molar-refractivity contribution in [1.29, 1.82) is 0 Å². The number of carbonyl (C=O) groups is 3. The summed E-state index contributed by atoms with van der Waals surface area (Å²) in [5.41, 5.74) is 0.800. The molecule has 1 amide bonds. The van der Waals surface area contributed by atoms with Crippen LogP contribution >= 0.6 is 11.6 Å². The van der Waals surface area contributed by atoms with Crippen molar-refractivity contribution in [1.82, 2.24) is 5.32 Å². The molecule has 21 heavy (non-hydrogen) atoms. The third kappa shape index (κ3) is 5.83. The molecule has 1 atom stereocenters. The lowest BCUT2D eigenvalue weighted by Gasteiger charge is -2.13. The van der Waals surface area contributed by atoms with E-state index in [1.165, 1.54) is 0 Å². The summed E-state index contributed by atoms with van der Waals surface area (Å²) >= 11 is 5.96. The van der Waals surface area contributed by atoms with Crippen LogP contribution in [0.3, 0.4) is 0 Å². The normalized spacial score (nSPS) is 11.5. The standard InChI is InChI=1S/C14H16ClNO5/c1-21-13(18)8-11(14(19)20)16-12(17)7-6-9-4-2-3-5-10(9)15/h2-5,11H,6-8H2,1H3,(H,16,17)(H,19,20)/t11-/m0/s1. The number of aryl methyl sites for hydroxylation is 1. The molecule has 0 saturated carbocycles. The van der Waals surface area contributed by atoms with E-state index in [2.05, 4.69) is 10.1 Å². The van der Waals surface area contributed by atoms with Crippen LogP contribution in [0.5, 0.6) is 0 Å². The summed E-state index contributed by atoms with van der Waals surface area (Å²) in [5, 5.41) is 11.8. The lowest BCUT2D eigenvalue weighted by Crippen LogP contribution is -2.42. The zero-order chi connectivity index (χ0) is 15.8. The molecule has 7 heteroatoms. The Bertz CT molecular complexity index is 532. The number of ether oxygens (including phenoxy) is 1. The molecular formula is C14H16ClNO5. The van der Waals surface area contributed by atoms with Crippen molar-refractivity contribution in [3.05, 3.63) is 34.9 Å². The van der Waals surface area contributed by atoms with Crippen LogP contribution in [0.15, 0.2) is 24.3 Å². The Morgan fingerprint density at radius 3 is 2.57 bits per heavy atom. The van der Waals surface area contributed by atoms with Crippen molar-refractivity contribution in [3.63, 3.8) is 0 Å². The predicted octanol–water partition coefficient (Wildman–Crippen LogP) is 1.41. The molecular weight excluding hydrogens is 298 g/mol. The number of esters is 1. The van der Waals surface area contributed by atoms with Crippen LogP contribution < -0.4 is 5.32 Å². The van der Waals surface area contributed by atoms with Gasteiger partial charge in [0.05, 0.1) is 13.5 Å². The molecule has 0 aromatic heterocycles. The SMILES string of the molecule is COC(=O)C[C@H](NC(=O)CCc1ccccc1Cl)C(=O)O. The second kappa shape index (κ2) is 8.26. The van der Waals surface area contributed by atoms with E-state index in [-0.39, 0.29) is 6.42 Å². The van der Waals surface area contributed by atoms with Gasteiger partial charge in [-0.1, -0.05) is 29.8 Å². The molecule has 0 bridgehead atoms. The van der Waals surface area contributed by atoms with Crippen molar-refractivity contribution >= 4 is 29.4 Å². The second-order valence-corrected chi connectivity index (χ2v) is 4.74. The molecule has 1 aromatic carbocycles. The molecule has 1 rings (SSSR count). The van der Waals surface area contributed by atoms with Gasteiger partial charge in [0, 0.05) is 11.4 Å². The van der Waals surface area contributed by atoms with Crippen LogP contribution in [0, 0.1) is 0 Å². The van der Waals surface area contributed by atoms with Gasteiger partial charge < -0.3 is 15.2 Å². The van der Waals surface area contributed by atoms with Crippen LogP contribution in [0.1, 0.15) is 18.4 Å². The van der Waals surface area contributed by atoms with Crippen LogP contribution in [-0.2, 0) is 25.5 Å². The zero-order valence-electron chi connectivity index (χ0n) is 11.5. The Balaban J connectivity index is 2.53. The van der Waals surface area contributed by atoms with E-state index in [9.17, 15) is 14.4 Å². The first kappa shape index (κ1) is 17.0. The molecule has 0 aliphatic rings. The smallest absolute Gasteiger partial charge is 0.326 e. The monoisotopic (exact) mass is 313 g/mol. The number of nitrogens with one attached hydrogen (secondary N) is 1. The zero-order valence-corrected chi connectivity index (χ0v) is 12.2. The molecule has 0 saturated heterocycles. The predicted molar refractivity (Wildman–Crippen MR) is 76.0 cm³/mol. The summed E-state index contributed by atoms with van der Waals surface area (Å²) in [7, 11) is 1.15. The van der Waals surface area contributed by atoms with E-state index in [1.807, 2.05) is 0 Å². The molecule has 0 heterocycles. The van der Waals surface area contributed by atoms with Gasteiger partial charge >= 0.3 is 11.9 Å². The number of halogens is 1. The minimum Gasteiger partial charge on any atom is -0.480 e. The van der Waals surface area contributed by atoms with Crippen molar-refractivity contribution in [2.45, 2.75) is 25.3 Å². The van der Waals surface area contributed by atoms with E-state index in [0.717, 1.165) is 12.7 Å². The number of methoxy groups -OCH3 is 1. The Kier molecular flexibility index (Phi) is 6.68. The Morgan fingerprint density at radius 2 is 2.00 bits per heavy atom.